The van der Waals surface area contributed by atoms with Crippen LogP contribution in [0.15, 0.2) is 36.5 Å². The first-order chi connectivity index (χ1) is 5.72. The normalized spacial score (nSPS) is 12.0. The molecule has 12 heavy (non-hydrogen) atoms. The number of hydrogen-bond donors (Lipinski definition) is 0. The van der Waals surface area contributed by atoms with Crippen LogP contribution in [0.1, 0.15) is 20.3 Å². The summed E-state index contributed by atoms with van der Waals surface area (Å²) in [5.74, 6) is 0.484. The number of hydrogen-bond acceptors (Lipinski definition) is 1. The van der Waals surface area contributed by atoms with Crippen molar-refractivity contribution in [3.63, 3.8) is 0 Å². The van der Waals surface area contributed by atoms with E-state index >= 15 is 0 Å². The van der Waals surface area contributed by atoms with Crippen LogP contribution in [0.2, 0.25) is 0 Å². The van der Waals surface area contributed by atoms with E-state index < -0.39 is 0 Å². The molecule has 0 heterocycles. The van der Waals surface area contributed by atoms with Crippen molar-refractivity contribution in [2.24, 2.45) is 5.92 Å². The Kier molecular flexibility index (Phi) is 5.73. The van der Waals surface area contributed by atoms with Crippen molar-refractivity contribution in [3.8, 4) is 6.07 Å². The summed E-state index contributed by atoms with van der Waals surface area (Å²) in [5, 5.41) is 8.31. The van der Waals surface area contributed by atoms with Crippen molar-refractivity contribution in [2.45, 2.75) is 20.3 Å². The van der Waals surface area contributed by atoms with Crippen molar-refractivity contribution in [2.75, 3.05) is 0 Å². The highest BCUT2D eigenvalue weighted by Gasteiger charge is 1.95. The third-order valence-electron chi connectivity index (χ3n) is 1.50. The maximum absolute atomic E-state index is 8.31. The van der Waals surface area contributed by atoms with Crippen LogP contribution in [0.25, 0.3) is 0 Å². The smallest absolute Gasteiger partial charge is 0.0663 e. The lowest BCUT2D eigenvalue weighted by atomic mass is 10.0. The van der Waals surface area contributed by atoms with Crippen molar-refractivity contribution < 1.29 is 0 Å². The molecule has 0 rings (SSSR count). The van der Waals surface area contributed by atoms with Crippen molar-refractivity contribution in [1.29, 1.82) is 5.26 Å². The van der Waals surface area contributed by atoms with Gasteiger partial charge < -0.3 is 0 Å². The molecule has 0 N–H and O–H groups in total. The van der Waals surface area contributed by atoms with E-state index in [9.17, 15) is 0 Å². The first-order valence-corrected chi connectivity index (χ1v) is 4.08. The molecule has 0 aliphatic heterocycles. The fraction of sp³-hybridized carbons (Fsp3) is 0.364. The molecule has 0 aliphatic rings. The maximum Gasteiger partial charge on any atom is 0.0663 e. The van der Waals surface area contributed by atoms with Gasteiger partial charge in [-0.05, 0) is 11.5 Å². The monoisotopic (exact) mass is 161 g/mol. The van der Waals surface area contributed by atoms with Crippen LogP contribution in [-0.4, -0.2) is 0 Å². The van der Waals surface area contributed by atoms with Crippen LogP contribution < -0.4 is 0 Å². The average molecular weight is 161 g/mol. The van der Waals surface area contributed by atoms with Gasteiger partial charge in [-0.2, -0.15) is 5.26 Å². The SMILES string of the molecule is C=C/C=C(\C=C/CC#N)C(C)C. The summed E-state index contributed by atoms with van der Waals surface area (Å²) in [6.07, 6.45) is 8.07. The Morgan fingerprint density at radius 3 is 2.67 bits per heavy atom. The average Bonchev–Trinajstić information content (AvgIpc) is 2.03. The van der Waals surface area contributed by atoms with Crippen molar-refractivity contribution >= 4 is 0 Å². The molecular weight excluding hydrogens is 146 g/mol. The summed E-state index contributed by atoms with van der Waals surface area (Å²) in [5.41, 5.74) is 1.21. The van der Waals surface area contributed by atoms with E-state index in [1.807, 2.05) is 18.2 Å². The highest BCUT2D eigenvalue weighted by atomic mass is 14.2. The summed E-state index contributed by atoms with van der Waals surface area (Å²) >= 11 is 0. The van der Waals surface area contributed by atoms with Crippen molar-refractivity contribution in [3.05, 3.63) is 36.5 Å². The van der Waals surface area contributed by atoms with Gasteiger partial charge in [-0.1, -0.05) is 44.7 Å². The molecule has 1 heteroatoms. The Labute approximate surface area is 74.7 Å². The van der Waals surface area contributed by atoms with E-state index in [2.05, 4.69) is 26.5 Å². The fourth-order valence-corrected chi connectivity index (χ4v) is 0.824. The summed E-state index contributed by atoms with van der Waals surface area (Å²) in [6, 6.07) is 2.06. The number of nitrogens with zero attached hydrogens (tertiary/aromatic N) is 1. The Morgan fingerprint density at radius 2 is 2.25 bits per heavy atom. The quantitative estimate of drug-likeness (QED) is 0.581. The molecule has 0 saturated carbocycles. The van der Waals surface area contributed by atoms with Crippen LogP contribution in [0.5, 0.6) is 0 Å². The van der Waals surface area contributed by atoms with Crippen LogP contribution in [0.3, 0.4) is 0 Å². The minimum atomic E-state index is 0.473. The van der Waals surface area contributed by atoms with Gasteiger partial charge in [-0.3, -0.25) is 0 Å². The van der Waals surface area contributed by atoms with Crippen LogP contribution in [0.4, 0.5) is 0 Å². The van der Waals surface area contributed by atoms with E-state index in [-0.39, 0.29) is 0 Å². The fourth-order valence-electron chi connectivity index (χ4n) is 0.824. The van der Waals surface area contributed by atoms with Gasteiger partial charge in [0.2, 0.25) is 0 Å². The van der Waals surface area contributed by atoms with Crippen LogP contribution in [0, 0.1) is 17.2 Å². The zero-order chi connectivity index (χ0) is 9.40. The highest BCUT2D eigenvalue weighted by Crippen LogP contribution is 2.11. The summed E-state index contributed by atoms with van der Waals surface area (Å²) in [6.45, 7) is 7.87. The second-order valence-electron chi connectivity index (χ2n) is 2.82. The van der Waals surface area contributed by atoms with E-state index in [1.165, 1.54) is 5.57 Å². The molecule has 0 unspecified atom stereocenters. The largest absolute Gasteiger partial charge is 0.198 e. The van der Waals surface area contributed by atoms with Gasteiger partial charge in [0.15, 0.2) is 0 Å². The Morgan fingerprint density at radius 1 is 1.58 bits per heavy atom. The van der Waals surface area contributed by atoms with Crippen LogP contribution in [-0.2, 0) is 0 Å². The first kappa shape index (κ1) is 10.7. The summed E-state index contributed by atoms with van der Waals surface area (Å²) < 4.78 is 0. The summed E-state index contributed by atoms with van der Waals surface area (Å²) in [7, 11) is 0. The number of rotatable bonds is 4. The predicted molar refractivity (Wildman–Crippen MR) is 52.5 cm³/mol. The molecule has 0 spiro atoms. The number of nitriles is 1. The molecular formula is C11H15N. The standard InChI is InChI=1S/C11H15N/c1-4-7-11(10(2)3)8-5-6-9-12/h4-5,7-8,10H,1,6H2,2-3H3/b8-5-,11-7+. The van der Waals surface area contributed by atoms with Gasteiger partial charge in [0.1, 0.15) is 0 Å². The molecule has 0 aromatic rings. The second-order valence-corrected chi connectivity index (χ2v) is 2.82. The second kappa shape index (κ2) is 6.42. The molecule has 0 radical (unpaired) electrons. The van der Waals surface area contributed by atoms with Gasteiger partial charge in [0.25, 0.3) is 0 Å². The zero-order valence-corrected chi connectivity index (χ0v) is 7.75. The lowest BCUT2D eigenvalue weighted by Crippen LogP contribution is -1.89. The van der Waals surface area contributed by atoms with Crippen molar-refractivity contribution in [1.82, 2.24) is 0 Å². The molecule has 0 atom stereocenters. The molecule has 1 nitrogen and oxygen atoms in total. The van der Waals surface area contributed by atoms with E-state index in [0.29, 0.717) is 12.3 Å². The molecule has 0 aromatic carbocycles. The minimum Gasteiger partial charge on any atom is -0.198 e. The molecule has 64 valence electrons. The molecule has 0 amide bonds. The van der Waals surface area contributed by atoms with E-state index in [4.69, 9.17) is 5.26 Å². The zero-order valence-electron chi connectivity index (χ0n) is 7.75. The van der Waals surface area contributed by atoms with Crippen LogP contribution >= 0.6 is 0 Å². The van der Waals surface area contributed by atoms with E-state index in [0.717, 1.165) is 0 Å². The Hall–Kier alpha value is -1.29. The van der Waals surface area contributed by atoms with Gasteiger partial charge in [0, 0.05) is 0 Å². The Bertz CT molecular complexity index is 226. The van der Waals surface area contributed by atoms with Gasteiger partial charge >= 0.3 is 0 Å². The molecule has 0 fully saturated rings. The molecule has 0 saturated heterocycles. The summed E-state index contributed by atoms with van der Waals surface area (Å²) in [4.78, 5) is 0. The maximum atomic E-state index is 8.31. The Balaban J connectivity index is 4.25. The highest BCUT2D eigenvalue weighted by molar-refractivity contribution is 5.25. The molecule has 0 bridgehead atoms. The van der Waals surface area contributed by atoms with Gasteiger partial charge in [0.05, 0.1) is 12.5 Å². The lowest BCUT2D eigenvalue weighted by molar-refractivity contribution is 0.791. The topological polar surface area (TPSA) is 23.8 Å². The first-order valence-electron chi connectivity index (χ1n) is 4.08. The molecule has 0 aromatic heterocycles. The van der Waals surface area contributed by atoms with E-state index in [1.54, 1.807) is 6.08 Å². The van der Waals surface area contributed by atoms with Gasteiger partial charge in [-0.25, -0.2) is 0 Å². The third-order valence-corrected chi connectivity index (χ3v) is 1.50. The van der Waals surface area contributed by atoms with Gasteiger partial charge in [-0.15, -0.1) is 0 Å². The number of allylic oxidation sites excluding steroid dienone is 5. The molecule has 0 aliphatic carbocycles. The third kappa shape index (κ3) is 4.51. The predicted octanol–water partition coefficient (Wildman–Crippen LogP) is 3.22. The lowest BCUT2D eigenvalue weighted by Gasteiger charge is -2.03. The minimum absolute atomic E-state index is 0.473.